The Balaban J connectivity index is 2.02. The van der Waals surface area contributed by atoms with Crippen LogP contribution in [-0.2, 0) is 4.79 Å². The van der Waals surface area contributed by atoms with Gasteiger partial charge >= 0.3 is 5.97 Å². The summed E-state index contributed by atoms with van der Waals surface area (Å²) < 4.78 is 0. The average Bonchev–Trinajstić information content (AvgIpc) is 2.55. The van der Waals surface area contributed by atoms with E-state index >= 15 is 0 Å². The first-order valence-corrected chi connectivity index (χ1v) is 7.89. The number of aliphatic carboxylic acids is 1. The Labute approximate surface area is 132 Å². The highest BCUT2D eigenvalue weighted by molar-refractivity contribution is 7.99. The highest BCUT2D eigenvalue weighted by Crippen LogP contribution is 2.31. The summed E-state index contributed by atoms with van der Waals surface area (Å²) in [5.74, 6) is -0.315. The van der Waals surface area contributed by atoms with E-state index in [9.17, 15) is 4.79 Å². The van der Waals surface area contributed by atoms with E-state index in [4.69, 9.17) is 5.11 Å². The minimum Gasteiger partial charge on any atom is -0.481 e. The first-order chi connectivity index (χ1) is 10.8. The predicted octanol–water partition coefficient (Wildman–Crippen LogP) is 3.86. The molecule has 1 N–H and O–H groups in total. The number of hydrogen-bond acceptors (Lipinski definition) is 4. The van der Waals surface area contributed by atoms with Crippen LogP contribution < -0.4 is 0 Å². The second kappa shape index (κ2) is 6.58. The second-order valence-corrected chi connectivity index (χ2v) is 5.84. The van der Waals surface area contributed by atoms with Crippen molar-refractivity contribution in [1.29, 1.82) is 0 Å². The molecule has 1 heterocycles. The van der Waals surface area contributed by atoms with Crippen LogP contribution in [0.25, 0.3) is 22.0 Å². The van der Waals surface area contributed by atoms with Gasteiger partial charge in [-0.05, 0) is 0 Å². The summed E-state index contributed by atoms with van der Waals surface area (Å²) in [5, 5.41) is 20.2. The summed E-state index contributed by atoms with van der Waals surface area (Å²) in [7, 11) is 0. The summed E-state index contributed by atoms with van der Waals surface area (Å²) in [5.41, 5.74) is 1.87. The number of thioether (sulfide) groups is 1. The lowest BCUT2D eigenvalue weighted by Crippen LogP contribution is -1.98. The molecule has 0 aliphatic rings. The lowest BCUT2D eigenvalue weighted by Gasteiger charge is -2.08. The monoisotopic (exact) mass is 310 g/mol. The van der Waals surface area contributed by atoms with E-state index in [-0.39, 0.29) is 6.42 Å². The molecule has 0 aliphatic heterocycles. The number of nitrogens with zero attached hydrogens (tertiary/aromatic N) is 2. The molecule has 0 bridgehead atoms. The third-order valence-electron chi connectivity index (χ3n) is 3.26. The topological polar surface area (TPSA) is 63.1 Å². The molecule has 0 saturated carbocycles. The molecule has 1 aromatic heterocycles. The number of rotatable bonds is 5. The molecule has 3 rings (SSSR count). The fourth-order valence-corrected chi connectivity index (χ4v) is 3.13. The molecule has 0 aliphatic carbocycles. The number of carboxylic acid groups (broad SMARTS) is 1. The molecule has 0 amide bonds. The summed E-state index contributed by atoms with van der Waals surface area (Å²) in [4.78, 5) is 10.6. The minimum absolute atomic E-state index is 0.112. The molecular formula is C17H14N2O2S. The van der Waals surface area contributed by atoms with E-state index in [0.717, 1.165) is 27.1 Å². The summed E-state index contributed by atoms with van der Waals surface area (Å²) in [6.07, 6.45) is 0.112. The zero-order valence-electron chi connectivity index (χ0n) is 11.8. The zero-order valence-corrected chi connectivity index (χ0v) is 12.6. The highest BCUT2D eigenvalue weighted by atomic mass is 32.2. The van der Waals surface area contributed by atoms with Gasteiger partial charge in [0.15, 0.2) is 0 Å². The van der Waals surface area contributed by atoms with E-state index in [0.29, 0.717) is 5.75 Å². The van der Waals surface area contributed by atoms with E-state index in [1.807, 2.05) is 54.6 Å². The number of aromatic nitrogens is 2. The molecule has 22 heavy (non-hydrogen) atoms. The molecule has 4 nitrogen and oxygen atoms in total. The Morgan fingerprint density at radius 3 is 2.36 bits per heavy atom. The zero-order chi connectivity index (χ0) is 15.4. The first-order valence-electron chi connectivity index (χ1n) is 6.91. The van der Waals surface area contributed by atoms with Crippen LogP contribution in [-0.4, -0.2) is 27.0 Å². The Kier molecular flexibility index (Phi) is 4.34. The van der Waals surface area contributed by atoms with Crippen LogP contribution in [0.2, 0.25) is 0 Å². The molecular weight excluding hydrogens is 296 g/mol. The second-order valence-electron chi connectivity index (χ2n) is 4.76. The fraction of sp³-hybridized carbons (Fsp3) is 0.118. The number of benzene rings is 2. The van der Waals surface area contributed by atoms with Gasteiger partial charge in [0.2, 0.25) is 0 Å². The lowest BCUT2D eigenvalue weighted by atomic mass is 10.1. The maximum absolute atomic E-state index is 10.6. The third-order valence-corrected chi connectivity index (χ3v) is 4.24. The normalized spacial score (nSPS) is 10.7. The van der Waals surface area contributed by atoms with Gasteiger partial charge in [-0.25, -0.2) is 0 Å². The molecule has 3 aromatic rings. The van der Waals surface area contributed by atoms with E-state index in [2.05, 4.69) is 10.2 Å². The van der Waals surface area contributed by atoms with Gasteiger partial charge in [0.25, 0.3) is 0 Å². The molecule has 5 heteroatoms. The summed E-state index contributed by atoms with van der Waals surface area (Å²) >= 11 is 1.43. The van der Waals surface area contributed by atoms with Crippen molar-refractivity contribution in [2.24, 2.45) is 0 Å². The Morgan fingerprint density at radius 2 is 1.64 bits per heavy atom. The van der Waals surface area contributed by atoms with Gasteiger partial charge in [-0.15, -0.1) is 22.0 Å². The van der Waals surface area contributed by atoms with Crippen molar-refractivity contribution >= 4 is 28.5 Å². The maximum atomic E-state index is 10.6. The van der Waals surface area contributed by atoms with Crippen LogP contribution in [0.15, 0.2) is 59.6 Å². The molecule has 110 valence electrons. The van der Waals surface area contributed by atoms with Crippen LogP contribution in [0, 0.1) is 0 Å². The fourth-order valence-electron chi connectivity index (χ4n) is 2.23. The SMILES string of the molecule is O=C(O)CCSc1nnc(-c2ccccc2)c2ccccc12. The Morgan fingerprint density at radius 1 is 0.955 bits per heavy atom. The number of carbonyl (C=O) groups is 1. The minimum atomic E-state index is -0.800. The van der Waals surface area contributed by atoms with Gasteiger partial charge in [-0.3, -0.25) is 4.79 Å². The number of fused-ring (bicyclic) bond motifs is 1. The average molecular weight is 310 g/mol. The van der Waals surface area contributed by atoms with E-state index < -0.39 is 5.97 Å². The number of carboxylic acids is 1. The van der Waals surface area contributed by atoms with Crippen LogP contribution >= 0.6 is 11.8 Å². The van der Waals surface area contributed by atoms with Gasteiger partial charge < -0.3 is 5.11 Å². The van der Waals surface area contributed by atoms with Gasteiger partial charge in [-0.1, -0.05) is 54.6 Å². The van der Waals surface area contributed by atoms with Gasteiger partial charge in [0.05, 0.1) is 6.42 Å². The van der Waals surface area contributed by atoms with Gasteiger partial charge in [-0.2, -0.15) is 0 Å². The lowest BCUT2D eigenvalue weighted by molar-refractivity contribution is -0.136. The molecule has 2 aromatic carbocycles. The van der Waals surface area contributed by atoms with Crippen molar-refractivity contribution in [3.63, 3.8) is 0 Å². The molecule has 0 spiro atoms. The van der Waals surface area contributed by atoms with Gasteiger partial charge in [0.1, 0.15) is 10.7 Å². The van der Waals surface area contributed by atoms with Gasteiger partial charge in [0, 0.05) is 22.1 Å². The van der Waals surface area contributed by atoms with Crippen molar-refractivity contribution in [1.82, 2.24) is 10.2 Å². The Bertz CT molecular complexity index is 806. The van der Waals surface area contributed by atoms with E-state index in [1.165, 1.54) is 11.8 Å². The number of hydrogen-bond donors (Lipinski definition) is 1. The van der Waals surface area contributed by atoms with Crippen molar-refractivity contribution in [2.45, 2.75) is 11.4 Å². The van der Waals surface area contributed by atoms with Crippen LogP contribution in [0.5, 0.6) is 0 Å². The quantitative estimate of drug-likeness (QED) is 0.725. The molecule has 0 radical (unpaired) electrons. The van der Waals surface area contributed by atoms with Crippen LogP contribution in [0.1, 0.15) is 6.42 Å². The van der Waals surface area contributed by atoms with Crippen molar-refractivity contribution in [3.05, 3.63) is 54.6 Å². The summed E-state index contributed by atoms with van der Waals surface area (Å²) in [6.45, 7) is 0. The first kappa shape index (κ1) is 14.5. The standard InChI is InChI=1S/C17H14N2O2S/c20-15(21)10-11-22-17-14-9-5-4-8-13(14)16(18-19-17)12-6-2-1-3-7-12/h1-9H,10-11H2,(H,20,21). The third kappa shape index (κ3) is 3.09. The van der Waals surface area contributed by atoms with Crippen molar-refractivity contribution < 1.29 is 9.90 Å². The highest BCUT2D eigenvalue weighted by Gasteiger charge is 2.11. The Hall–Kier alpha value is -2.40. The van der Waals surface area contributed by atoms with Crippen LogP contribution in [0.3, 0.4) is 0 Å². The van der Waals surface area contributed by atoms with Crippen molar-refractivity contribution in [2.75, 3.05) is 5.75 Å². The molecule has 0 atom stereocenters. The molecule has 0 unspecified atom stereocenters. The molecule has 0 saturated heterocycles. The summed E-state index contributed by atoms with van der Waals surface area (Å²) in [6, 6.07) is 17.9. The predicted molar refractivity (Wildman–Crippen MR) is 88.0 cm³/mol. The van der Waals surface area contributed by atoms with E-state index in [1.54, 1.807) is 0 Å². The largest absolute Gasteiger partial charge is 0.481 e. The smallest absolute Gasteiger partial charge is 0.304 e. The van der Waals surface area contributed by atoms with Crippen molar-refractivity contribution in [3.8, 4) is 11.3 Å². The molecule has 0 fully saturated rings. The maximum Gasteiger partial charge on any atom is 0.304 e. The van der Waals surface area contributed by atoms with Crippen LogP contribution in [0.4, 0.5) is 0 Å².